The number of halogens is 1. The fraction of sp³-hybridized carbons (Fsp3) is 0.667. The molecule has 0 aliphatic heterocycles. The van der Waals surface area contributed by atoms with E-state index in [0.717, 1.165) is 19.5 Å². The molecule has 0 aliphatic rings. The van der Waals surface area contributed by atoms with Gasteiger partial charge in [0.25, 0.3) is 5.56 Å². The maximum absolute atomic E-state index is 12.0. The van der Waals surface area contributed by atoms with Crippen molar-refractivity contribution in [3.05, 3.63) is 21.6 Å². The van der Waals surface area contributed by atoms with Gasteiger partial charge in [-0.1, -0.05) is 11.6 Å². The van der Waals surface area contributed by atoms with Gasteiger partial charge < -0.3 is 10.2 Å². The van der Waals surface area contributed by atoms with E-state index in [1.165, 1.54) is 4.68 Å². The van der Waals surface area contributed by atoms with Crippen molar-refractivity contribution in [3.8, 4) is 0 Å². The van der Waals surface area contributed by atoms with E-state index < -0.39 is 0 Å². The number of rotatable bonds is 6. The van der Waals surface area contributed by atoms with Crippen LogP contribution in [0.4, 0.5) is 5.69 Å². The first-order chi connectivity index (χ1) is 8.49. The first kappa shape index (κ1) is 15.0. The monoisotopic (exact) mass is 272 g/mol. The number of hydrogen-bond donors (Lipinski definition) is 1. The van der Waals surface area contributed by atoms with Gasteiger partial charge in [-0.15, -0.1) is 0 Å². The quantitative estimate of drug-likeness (QED) is 0.798. The van der Waals surface area contributed by atoms with E-state index in [4.69, 9.17) is 11.6 Å². The zero-order valence-electron chi connectivity index (χ0n) is 11.4. The van der Waals surface area contributed by atoms with Crippen molar-refractivity contribution in [2.24, 2.45) is 0 Å². The molecule has 0 unspecified atom stereocenters. The van der Waals surface area contributed by atoms with Crippen molar-refractivity contribution >= 4 is 17.3 Å². The van der Waals surface area contributed by atoms with Crippen LogP contribution in [-0.2, 0) is 0 Å². The molecule has 18 heavy (non-hydrogen) atoms. The average Bonchev–Trinajstić information content (AvgIpc) is 2.32. The average molecular weight is 273 g/mol. The molecule has 0 aliphatic carbocycles. The van der Waals surface area contributed by atoms with E-state index in [0.29, 0.717) is 5.69 Å². The third kappa shape index (κ3) is 3.46. The van der Waals surface area contributed by atoms with Crippen LogP contribution in [0.25, 0.3) is 0 Å². The SMILES string of the molecule is CNCCCN(C)c1cnn(C(C)C)c(=O)c1Cl. The third-order valence-electron chi connectivity index (χ3n) is 2.75. The van der Waals surface area contributed by atoms with Crippen LogP contribution in [0.3, 0.4) is 0 Å². The standard InChI is InChI=1S/C12H21ClN4O/c1-9(2)17-12(18)11(13)10(8-15-17)16(4)7-5-6-14-3/h8-9,14H,5-7H2,1-4H3. The molecule has 1 aromatic rings. The molecular weight excluding hydrogens is 252 g/mol. The summed E-state index contributed by atoms with van der Waals surface area (Å²) in [6.45, 7) is 5.56. The van der Waals surface area contributed by atoms with Crippen LogP contribution in [0, 0.1) is 0 Å². The van der Waals surface area contributed by atoms with Gasteiger partial charge >= 0.3 is 0 Å². The Morgan fingerprint density at radius 1 is 1.56 bits per heavy atom. The van der Waals surface area contributed by atoms with Gasteiger partial charge in [0.05, 0.1) is 17.9 Å². The van der Waals surface area contributed by atoms with Crippen LogP contribution in [-0.4, -0.2) is 37.0 Å². The Hall–Kier alpha value is -1.07. The molecule has 0 saturated heterocycles. The molecule has 0 spiro atoms. The molecule has 0 amide bonds. The summed E-state index contributed by atoms with van der Waals surface area (Å²) in [4.78, 5) is 14.0. The highest BCUT2D eigenvalue weighted by Gasteiger charge is 2.13. The maximum atomic E-state index is 12.0. The van der Waals surface area contributed by atoms with E-state index in [1.54, 1.807) is 6.20 Å². The predicted octanol–water partition coefficient (Wildman–Crippen LogP) is 1.52. The summed E-state index contributed by atoms with van der Waals surface area (Å²) in [5.41, 5.74) is 0.458. The molecule has 6 heteroatoms. The second kappa shape index (κ2) is 6.75. The molecule has 0 saturated carbocycles. The van der Waals surface area contributed by atoms with Gasteiger partial charge in [0, 0.05) is 13.6 Å². The number of nitrogens with zero attached hydrogens (tertiary/aromatic N) is 3. The van der Waals surface area contributed by atoms with E-state index in [2.05, 4.69) is 10.4 Å². The summed E-state index contributed by atoms with van der Waals surface area (Å²) < 4.78 is 1.40. The molecule has 0 bridgehead atoms. The van der Waals surface area contributed by atoms with Gasteiger partial charge in [-0.2, -0.15) is 5.10 Å². The number of hydrogen-bond acceptors (Lipinski definition) is 4. The summed E-state index contributed by atoms with van der Waals surface area (Å²) in [6.07, 6.45) is 2.64. The van der Waals surface area contributed by atoms with Gasteiger partial charge in [-0.25, -0.2) is 4.68 Å². The summed E-state index contributed by atoms with van der Waals surface area (Å²) in [5, 5.41) is 7.48. The lowest BCUT2D eigenvalue weighted by molar-refractivity contribution is 0.502. The van der Waals surface area contributed by atoms with Crippen LogP contribution in [0.1, 0.15) is 26.3 Å². The summed E-state index contributed by atoms with van der Waals surface area (Å²) in [6, 6.07) is 0.0126. The maximum Gasteiger partial charge on any atom is 0.287 e. The van der Waals surface area contributed by atoms with Crippen LogP contribution >= 0.6 is 11.6 Å². The topological polar surface area (TPSA) is 50.2 Å². The molecular formula is C12H21ClN4O. The number of aromatic nitrogens is 2. The fourth-order valence-electron chi connectivity index (χ4n) is 1.68. The van der Waals surface area contributed by atoms with Gasteiger partial charge in [-0.05, 0) is 33.9 Å². The Bertz CT molecular complexity index is 444. The van der Waals surface area contributed by atoms with Gasteiger partial charge in [0.15, 0.2) is 0 Å². The van der Waals surface area contributed by atoms with E-state index in [9.17, 15) is 4.79 Å². The third-order valence-corrected chi connectivity index (χ3v) is 3.10. The lowest BCUT2D eigenvalue weighted by atomic mass is 10.3. The van der Waals surface area contributed by atoms with E-state index >= 15 is 0 Å². The van der Waals surface area contributed by atoms with E-state index in [1.807, 2.05) is 32.8 Å². The zero-order chi connectivity index (χ0) is 13.7. The molecule has 0 radical (unpaired) electrons. The van der Waals surface area contributed by atoms with Gasteiger partial charge in [0.1, 0.15) is 5.02 Å². The zero-order valence-corrected chi connectivity index (χ0v) is 12.2. The highest BCUT2D eigenvalue weighted by atomic mass is 35.5. The van der Waals surface area contributed by atoms with Crippen LogP contribution < -0.4 is 15.8 Å². The lowest BCUT2D eigenvalue weighted by Gasteiger charge is -2.20. The largest absolute Gasteiger partial charge is 0.372 e. The Balaban J connectivity index is 2.91. The van der Waals surface area contributed by atoms with Crippen molar-refractivity contribution in [2.75, 3.05) is 32.1 Å². The fourth-order valence-corrected chi connectivity index (χ4v) is 1.96. The molecule has 0 atom stereocenters. The van der Waals surface area contributed by atoms with Crippen molar-refractivity contribution in [2.45, 2.75) is 26.3 Å². The lowest BCUT2D eigenvalue weighted by Crippen LogP contribution is -2.29. The number of anilines is 1. The van der Waals surface area contributed by atoms with Crippen molar-refractivity contribution < 1.29 is 0 Å². The Kier molecular flexibility index (Phi) is 5.62. The minimum atomic E-state index is -0.232. The molecule has 102 valence electrons. The molecule has 5 nitrogen and oxygen atoms in total. The second-order valence-corrected chi connectivity index (χ2v) is 4.94. The molecule has 0 aromatic carbocycles. The van der Waals surface area contributed by atoms with Gasteiger partial charge in [-0.3, -0.25) is 4.79 Å². The summed E-state index contributed by atoms with van der Waals surface area (Å²) in [7, 11) is 3.83. The second-order valence-electron chi connectivity index (χ2n) is 4.57. The molecule has 1 N–H and O–H groups in total. The van der Waals surface area contributed by atoms with Crippen molar-refractivity contribution in [3.63, 3.8) is 0 Å². The Morgan fingerprint density at radius 2 is 2.22 bits per heavy atom. The predicted molar refractivity (Wildman–Crippen MR) is 75.7 cm³/mol. The normalized spacial score (nSPS) is 11.0. The van der Waals surface area contributed by atoms with Gasteiger partial charge in [0.2, 0.25) is 0 Å². The summed E-state index contributed by atoms with van der Waals surface area (Å²) >= 11 is 6.12. The molecule has 1 aromatic heterocycles. The number of nitrogens with one attached hydrogen (secondary N) is 1. The van der Waals surface area contributed by atoms with E-state index in [-0.39, 0.29) is 16.6 Å². The van der Waals surface area contributed by atoms with Crippen LogP contribution in [0.2, 0.25) is 5.02 Å². The minimum absolute atomic E-state index is 0.0126. The Labute approximate surface area is 113 Å². The highest BCUT2D eigenvalue weighted by Crippen LogP contribution is 2.20. The van der Waals surface area contributed by atoms with Crippen molar-refractivity contribution in [1.29, 1.82) is 0 Å². The molecule has 1 rings (SSSR count). The summed E-state index contributed by atoms with van der Waals surface area (Å²) in [5.74, 6) is 0. The van der Waals surface area contributed by atoms with Crippen LogP contribution in [0.5, 0.6) is 0 Å². The minimum Gasteiger partial charge on any atom is -0.372 e. The van der Waals surface area contributed by atoms with Crippen molar-refractivity contribution in [1.82, 2.24) is 15.1 Å². The molecule has 0 fully saturated rings. The highest BCUT2D eigenvalue weighted by molar-refractivity contribution is 6.33. The first-order valence-electron chi connectivity index (χ1n) is 6.12. The Morgan fingerprint density at radius 3 is 2.78 bits per heavy atom. The van der Waals surface area contributed by atoms with Crippen LogP contribution in [0.15, 0.2) is 11.0 Å². The first-order valence-corrected chi connectivity index (χ1v) is 6.50. The smallest absolute Gasteiger partial charge is 0.287 e. The molecule has 1 heterocycles.